The fourth-order valence-corrected chi connectivity index (χ4v) is 3.72. The smallest absolute Gasteiger partial charge is 0.183 e. The molecule has 0 aliphatic carbocycles. The van der Waals surface area contributed by atoms with Gasteiger partial charge in [0.25, 0.3) is 0 Å². The van der Waals surface area contributed by atoms with Crippen LogP contribution in [0.1, 0.15) is 29.4 Å². The van der Waals surface area contributed by atoms with Gasteiger partial charge in [-0.2, -0.15) is 0 Å². The van der Waals surface area contributed by atoms with Crippen molar-refractivity contribution in [3.05, 3.63) is 102 Å². The van der Waals surface area contributed by atoms with Gasteiger partial charge in [0.2, 0.25) is 0 Å². The molecule has 1 aromatic heterocycles. The topological polar surface area (TPSA) is 31.6 Å². The van der Waals surface area contributed by atoms with Crippen molar-refractivity contribution in [2.75, 3.05) is 13.2 Å². The zero-order valence-corrected chi connectivity index (χ0v) is 16.4. The summed E-state index contributed by atoms with van der Waals surface area (Å²) in [6, 6.07) is 22.8. The first-order valence-corrected chi connectivity index (χ1v) is 10.0. The Morgan fingerprint density at radius 2 is 1.67 bits per heavy atom. The summed E-state index contributed by atoms with van der Waals surface area (Å²) in [5.74, 6) is 0.125. The van der Waals surface area contributed by atoms with E-state index in [1.807, 2.05) is 60.7 Å². The minimum absolute atomic E-state index is 0.363. The molecule has 0 atom stereocenters. The molecule has 0 unspecified atom stereocenters. The van der Waals surface area contributed by atoms with Crippen LogP contribution in [0.2, 0.25) is 0 Å². The highest BCUT2D eigenvalue weighted by atomic mass is 19.1. The van der Waals surface area contributed by atoms with E-state index >= 15 is 0 Å². The average molecular weight is 400 g/mol. The summed E-state index contributed by atoms with van der Waals surface area (Å²) in [7, 11) is 0. The summed E-state index contributed by atoms with van der Waals surface area (Å²) in [4.78, 5) is 0. The minimum Gasteiger partial charge on any atom is -0.456 e. The Morgan fingerprint density at radius 3 is 2.43 bits per heavy atom. The number of rotatable bonds is 4. The van der Waals surface area contributed by atoms with Crippen LogP contribution in [0.5, 0.6) is 0 Å². The standard InChI is InChI=1S/C26H21FO3/c1-17(18-6-3-2-4-7-18)19-8-9-20-16-25(30-24(20)15-19)22-11-10-21(14-23(22)27)26-28-12-5-13-29-26/h2-4,6-11,14-16,26H,1,5,12-13H2. The molecular formula is C26H21FO3. The minimum atomic E-state index is -0.510. The molecule has 1 aliphatic rings. The molecule has 1 aliphatic heterocycles. The lowest BCUT2D eigenvalue weighted by Gasteiger charge is -2.23. The number of ether oxygens (including phenoxy) is 2. The van der Waals surface area contributed by atoms with Gasteiger partial charge in [0, 0.05) is 10.9 Å². The molecule has 30 heavy (non-hydrogen) atoms. The summed E-state index contributed by atoms with van der Waals surface area (Å²) in [6.45, 7) is 5.45. The molecule has 0 bridgehead atoms. The molecule has 0 amide bonds. The van der Waals surface area contributed by atoms with Gasteiger partial charge < -0.3 is 13.9 Å². The summed E-state index contributed by atoms with van der Waals surface area (Å²) in [5, 5.41) is 0.914. The maximum Gasteiger partial charge on any atom is 0.183 e. The molecule has 1 saturated heterocycles. The van der Waals surface area contributed by atoms with Gasteiger partial charge in [-0.15, -0.1) is 0 Å². The van der Waals surface area contributed by atoms with E-state index in [9.17, 15) is 4.39 Å². The Kier molecular flexibility index (Phi) is 4.95. The van der Waals surface area contributed by atoms with Crippen molar-refractivity contribution in [3.63, 3.8) is 0 Å². The van der Waals surface area contributed by atoms with Gasteiger partial charge in [0.05, 0.1) is 18.8 Å². The highest BCUT2D eigenvalue weighted by Crippen LogP contribution is 2.34. The van der Waals surface area contributed by atoms with Crippen LogP contribution in [0, 0.1) is 5.82 Å². The third-order valence-electron chi connectivity index (χ3n) is 5.35. The first-order chi connectivity index (χ1) is 14.7. The van der Waals surface area contributed by atoms with Crippen LogP contribution >= 0.6 is 0 Å². The SMILES string of the molecule is C=C(c1ccccc1)c1ccc2cc(-c3ccc(C4OCCCO4)cc3F)oc2c1. The summed E-state index contributed by atoms with van der Waals surface area (Å²) >= 11 is 0. The molecule has 4 heteroatoms. The van der Waals surface area contributed by atoms with Gasteiger partial charge in [-0.3, -0.25) is 0 Å². The molecule has 0 radical (unpaired) electrons. The van der Waals surface area contributed by atoms with Crippen molar-refractivity contribution in [1.29, 1.82) is 0 Å². The molecule has 3 nitrogen and oxygen atoms in total. The number of furan rings is 1. The highest BCUT2D eigenvalue weighted by molar-refractivity contribution is 5.88. The number of benzene rings is 3. The van der Waals surface area contributed by atoms with Crippen molar-refractivity contribution in [2.24, 2.45) is 0 Å². The van der Waals surface area contributed by atoms with E-state index in [1.54, 1.807) is 6.07 Å². The van der Waals surface area contributed by atoms with Gasteiger partial charge in [-0.1, -0.05) is 55.1 Å². The van der Waals surface area contributed by atoms with E-state index in [1.165, 1.54) is 6.07 Å². The maximum absolute atomic E-state index is 14.9. The third kappa shape index (κ3) is 3.56. The lowest BCUT2D eigenvalue weighted by molar-refractivity contribution is -0.183. The maximum atomic E-state index is 14.9. The zero-order chi connectivity index (χ0) is 20.5. The Balaban J connectivity index is 1.46. The van der Waals surface area contributed by atoms with Gasteiger partial charge >= 0.3 is 0 Å². The fraction of sp³-hybridized carbons (Fsp3) is 0.154. The monoisotopic (exact) mass is 400 g/mol. The number of hydrogen-bond acceptors (Lipinski definition) is 3. The van der Waals surface area contributed by atoms with Crippen LogP contribution in [-0.4, -0.2) is 13.2 Å². The number of hydrogen-bond donors (Lipinski definition) is 0. The molecule has 0 saturated carbocycles. The van der Waals surface area contributed by atoms with Crippen molar-refractivity contribution >= 4 is 16.5 Å². The predicted molar refractivity (Wildman–Crippen MR) is 115 cm³/mol. The second-order valence-electron chi connectivity index (χ2n) is 7.37. The lowest BCUT2D eigenvalue weighted by atomic mass is 9.99. The highest BCUT2D eigenvalue weighted by Gasteiger charge is 2.19. The fourth-order valence-electron chi connectivity index (χ4n) is 3.72. The molecule has 3 aromatic carbocycles. The van der Waals surface area contributed by atoms with Gasteiger partial charge in [-0.05, 0) is 47.4 Å². The van der Waals surface area contributed by atoms with Gasteiger partial charge in [0.15, 0.2) is 6.29 Å². The predicted octanol–water partition coefficient (Wildman–Crippen LogP) is 6.74. The number of fused-ring (bicyclic) bond motifs is 1. The largest absolute Gasteiger partial charge is 0.456 e. The molecule has 0 N–H and O–H groups in total. The van der Waals surface area contributed by atoms with Crippen molar-refractivity contribution < 1.29 is 18.3 Å². The normalized spacial score (nSPS) is 14.8. The zero-order valence-electron chi connectivity index (χ0n) is 16.4. The Bertz CT molecular complexity index is 1200. The van der Waals surface area contributed by atoms with Gasteiger partial charge in [0.1, 0.15) is 17.2 Å². The van der Waals surface area contributed by atoms with Crippen molar-refractivity contribution in [1.82, 2.24) is 0 Å². The van der Waals surface area contributed by atoms with Crippen LogP contribution in [0.15, 0.2) is 83.8 Å². The lowest BCUT2D eigenvalue weighted by Crippen LogP contribution is -2.17. The molecular weight excluding hydrogens is 379 g/mol. The van der Waals surface area contributed by atoms with E-state index in [-0.39, 0.29) is 5.82 Å². The van der Waals surface area contributed by atoms with Crippen LogP contribution in [-0.2, 0) is 9.47 Å². The molecule has 150 valence electrons. The first kappa shape index (κ1) is 18.8. The second kappa shape index (κ2) is 7.90. The molecule has 4 aromatic rings. The Morgan fingerprint density at radius 1 is 0.867 bits per heavy atom. The van der Waals surface area contributed by atoms with Gasteiger partial charge in [-0.25, -0.2) is 4.39 Å². The van der Waals surface area contributed by atoms with Crippen LogP contribution < -0.4 is 0 Å². The van der Waals surface area contributed by atoms with E-state index in [4.69, 9.17) is 13.9 Å². The van der Waals surface area contributed by atoms with Crippen LogP contribution in [0.25, 0.3) is 27.9 Å². The first-order valence-electron chi connectivity index (χ1n) is 10.0. The quantitative estimate of drug-likeness (QED) is 0.380. The van der Waals surface area contributed by atoms with Crippen molar-refractivity contribution in [3.8, 4) is 11.3 Å². The molecule has 2 heterocycles. The third-order valence-corrected chi connectivity index (χ3v) is 5.35. The summed E-state index contributed by atoms with van der Waals surface area (Å²) in [6.07, 6.45) is 0.346. The van der Waals surface area contributed by atoms with Crippen LogP contribution in [0.3, 0.4) is 0 Å². The van der Waals surface area contributed by atoms with E-state index in [0.29, 0.717) is 35.7 Å². The van der Waals surface area contributed by atoms with Crippen molar-refractivity contribution in [2.45, 2.75) is 12.7 Å². The number of halogens is 1. The van der Waals surface area contributed by atoms with Crippen LogP contribution in [0.4, 0.5) is 4.39 Å². The summed E-state index contributed by atoms with van der Waals surface area (Å²) < 4.78 is 32.0. The molecule has 1 fully saturated rings. The van der Waals surface area contributed by atoms with E-state index in [0.717, 1.165) is 28.5 Å². The molecule has 5 rings (SSSR count). The summed E-state index contributed by atoms with van der Waals surface area (Å²) in [5.41, 5.74) is 4.72. The molecule has 0 spiro atoms. The van der Waals surface area contributed by atoms with E-state index in [2.05, 4.69) is 6.58 Å². The van der Waals surface area contributed by atoms with E-state index < -0.39 is 6.29 Å². The average Bonchev–Trinajstić information content (AvgIpc) is 3.22. The Hall–Kier alpha value is -3.21. The Labute approximate surface area is 174 Å². The second-order valence-corrected chi connectivity index (χ2v) is 7.37.